The van der Waals surface area contributed by atoms with Gasteiger partial charge in [-0.05, 0) is 24.3 Å². The molecule has 0 radical (unpaired) electrons. The van der Waals surface area contributed by atoms with Crippen LogP contribution in [0.25, 0.3) is 6.08 Å². The number of ether oxygens (including phenoxy) is 1. The molecule has 0 saturated heterocycles. The van der Waals surface area contributed by atoms with Gasteiger partial charge in [0.1, 0.15) is 26.3 Å². The molecule has 0 aliphatic rings. The summed E-state index contributed by atoms with van der Waals surface area (Å²) < 4.78 is 38.5. The van der Waals surface area contributed by atoms with E-state index in [0.29, 0.717) is 5.75 Å². The third-order valence-corrected chi connectivity index (χ3v) is 3.82. The number of rotatable bonds is 4. The Balaban J connectivity index is 2.34. The van der Waals surface area contributed by atoms with Gasteiger partial charge in [-0.1, -0.05) is 0 Å². The molecular weight excluding hydrogens is 281 g/mol. The first-order valence-corrected chi connectivity index (χ1v) is 7.22. The Morgan fingerprint density at radius 3 is 2.85 bits per heavy atom. The molecule has 0 aromatic carbocycles. The minimum atomic E-state index is -3.29. The highest BCUT2D eigenvalue weighted by Gasteiger charge is 2.10. The molecule has 2 aromatic rings. The van der Waals surface area contributed by atoms with Gasteiger partial charge in [-0.15, -0.1) is 0 Å². The van der Waals surface area contributed by atoms with Gasteiger partial charge in [0.2, 0.25) is 0 Å². The van der Waals surface area contributed by atoms with Crippen LogP contribution in [0, 0.1) is 10.6 Å². The van der Waals surface area contributed by atoms with Gasteiger partial charge >= 0.3 is 0 Å². The molecule has 1 unspecified atom stereocenters. The summed E-state index contributed by atoms with van der Waals surface area (Å²) >= 11 is 0. The molecule has 0 fully saturated rings. The van der Waals surface area contributed by atoms with Gasteiger partial charge in [-0.25, -0.2) is 18.4 Å². The third-order valence-electron chi connectivity index (χ3n) is 2.46. The van der Waals surface area contributed by atoms with Crippen molar-refractivity contribution in [2.24, 2.45) is 0 Å². The van der Waals surface area contributed by atoms with E-state index in [9.17, 15) is 8.60 Å². The molecule has 20 heavy (non-hydrogen) atoms. The molecule has 2 heterocycles. The Morgan fingerprint density at radius 2 is 2.15 bits per heavy atom. The summed E-state index contributed by atoms with van der Waals surface area (Å²) in [5.41, 5.74) is 0.0235. The van der Waals surface area contributed by atoms with Gasteiger partial charge in [0.25, 0.3) is 0 Å². The molecular formula is C13H12FN3O2S. The van der Waals surface area contributed by atoms with Crippen molar-refractivity contribution >= 4 is 15.8 Å². The second kappa shape index (κ2) is 5.79. The number of nitrogens with one attached hydrogen (secondary N) is 1. The Hall–Kier alpha value is -2.28. The largest absolute Gasteiger partial charge is 0.497 e. The first-order valence-electron chi connectivity index (χ1n) is 5.60. The molecule has 1 atom stereocenters. The van der Waals surface area contributed by atoms with Crippen LogP contribution in [0.3, 0.4) is 0 Å². The molecule has 0 spiro atoms. The number of hydrogen-bond donors (Lipinski definition) is 1. The molecule has 0 aliphatic carbocycles. The average Bonchev–Trinajstić information content (AvgIpc) is 2.46. The Kier molecular flexibility index (Phi) is 4.09. The lowest BCUT2D eigenvalue weighted by molar-refractivity contribution is 0.412. The van der Waals surface area contributed by atoms with Crippen molar-refractivity contribution in [2.75, 3.05) is 7.11 Å². The summed E-state index contributed by atoms with van der Waals surface area (Å²) in [5.74, 6) is -0.0926. The topological polar surface area (TPSA) is 75.9 Å². The monoisotopic (exact) mass is 293 g/mol. The summed E-state index contributed by atoms with van der Waals surface area (Å²) in [5, 5.41) is 1.13. The highest BCUT2D eigenvalue weighted by Crippen LogP contribution is 2.17. The van der Waals surface area contributed by atoms with Crippen LogP contribution >= 0.6 is 0 Å². The van der Waals surface area contributed by atoms with E-state index < -0.39 is 15.5 Å². The fourth-order valence-electron chi connectivity index (χ4n) is 1.43. The SMILES string of the molecule is COc1ccnc(S(=N)(=O)/C=C/c2ncccc2F)c1. The summed E-state index contributed by atoms with van der Waals surface area (Å²) in [6.07, 6.45) is 4.03. The van der Waals surface area contributed by atoms with Crippen molar-refractivity contribution in [3.05, 3.63) is 53.6 Å². The molecule has 7 heteroatoms. The maximum atomic E-state index is 13.4. The Bertz CT molecular complexity index is 745. The van der Waals surface area contributed by atoms with Gasteiger partial charge < -0.3 is 4.74 Å². The summed E-state index contributed by atoms with van der Waals surface area (Å²) in [6, 6.07) is 5.69. The van der Waals surface area contributed by atoms with Crippen LogP contribution in [0.15, 0.2) is 47.1 Å². The standard InChI is InChI=1S/C13H12FN3O2S/c1-19-10-4-7-17-13(9-10)20(15,18)8-5-12-11(14)3-2-6-16-12/h2-9,15H,1H3/b8-5+. The fourth-order valence-corrected chi connectivity index (χ4v) is 2.40. The van der Waals surface area contributed by atoms with Gasteiger partial charge in [-0.2, -0.15) is 0 Å². The maximum Gasteiger partial charge on any atom is 0.148 e. The quantitative estimate of drug-likeness (QED) is 0.940. The van der Waals surface area contributed by atoms with Crippen LogP contribution in [-0.4, -0.2) is 21.3 Å². The molecule has 2 aromatic heterocycles. The van der Waals surface area contributed by atoms with E-state index in [0.717, 1.165) is 5.41 Å². The van der Waals surface area contributed by atoms with Crippen molar-refractivity contribution in [3.8, 4) is 5.75 Å². The molecule has 0 saturated carbocycles. The molecule has 0 bridgehead atoms. The van der Waals surface area contributed by atoms with Crippen molar-refractivity contribution in [3.63, 3.8) is 0 Å². The van der Waals surface area contributed by atoms with Gasteiger partial charge in [0.15, 0.2) is 0 Å². The molecule has 104 valence electrons. The van der Waals surface area contributed by atoms with Gasteiger partial charge in [-0.3, -0.25) is 4.98 Å². The summed E-state index contributed by atoms with van der Waals surface area (Å²) in [7, 11) is -1.82. The van der Waals surface area contributed by atoms with Crippen LogP contribution < -0.4 is 4.74 Å². The highest BCUT2D eigenvalue weighted by atomic mass is 32.2. The van der Waals surface area contributed by atoms with Crippen LogP contribution in [0.2, 0.25) is 0 Å². The molecule has 2 rings (SSSR count). The zero-order chi connectivity index (χ0) is 14.6. The first-order chi connectivity index (χ1) is 9.53. The zero-order valence-corrected chi connectivity index (χ0v) is 11.4. The zero-order valence-electron chi connectivity index (χ0n) is 10.6. The van der Waals surface area contributed by atoms with Gasteiger partial charge in [0, 0.05) is 23.9 Å². The van der Waals surface area contributed by atoms with E-state index in [4.69, 9.17) is 9.52 Å². The highest BCUT2D eigenvalue weighted by molar-refractivity contribution is 7.95. The number of aromatic nitrogens is 2. The maximum absolute atomic E-state index is 13.4. The lowest BCUT2D eigenvalue weighted by Gasteiger charge is -2.04. The predicted octanol–water partition coefficient (Wildman–Crippen LogP) is 2.70. The normalized spacial score (nSPS) is 14.1. The Morgan fingerprint density at radius 1 is 1.35 bits per heavy atom. The van der Waals surface area contributed by atoms with Crippen molar-refractivity contribution < 1.29 is 13.3 Å². The van der Waals surface area contributed by atoms with Crippen molar-refractivity contribution in [2.45, 2.75) is 5.03 Å². The predicted molar refractivity (Wildman–Crippen MR) is 73.1 cm³/mol. The number of hydrogen-bond acceptors (Lipinski definition) is 5. The van der Waals surface area contributed by atoms with Crippen molar-refractivity contribution in [1.82, 2.24) is 9.97 Å². The van der Waals surface area contributed by atoms with E-state index in [1.807, 2.05) is 0 Å². The number of methoxy groups -OCH3 is 1. The Labute approximate surface area is 116 Å². The number of pyridine rings is 2. The third kappa shape index (κ3) is 3.18. The summed E-state index contributed by atoms with van der Waals surface area (Å²) in [4.78, 5) is 7.68. The second-order valence-corrected chi connectivity index (χ2v) is 5.70. The van der Waals surface area contributed by atoms with Crippen LogP contribution in [0.5, 0.6) is 5.75 Å². The second-order valence-electron chi connectivity index (χ2n) is 3.81. The number of halogens is 1. The smallest absolute Gasteiger partial charge is 0.148 e. The van der Waals surface area contributed by atoms with E-state index >= 15 is 0 Å². The minimum Gasteiger partial charge on any atom is -0.497 e. The van der Waals surface area contributed by atoms with E-state index in [1.165, 1.54) is 43.8 Å². The van der Waals surface area contributed by atoms with E-state index in [-0.39, 0.29) is 10.7 Å². The van der Waals surface area contributed by atoms with Crippen molar-refractivity contribution in [1.29, 1.82) is 4.78 Å². The molecule has 1 N–H and O–H groups in total. The lowest BCUT2D eigenvalue weighted by Crippen LogP contribution is -1.98. The molecule has 0 amide bonds. The average molecular weight is 293 g/mol. The van der Waals surface area contributed by atoms with Gasteiger partial charge in [0.05, 0.1) is 12.8 Å². The summed E-state index contributed by atoms with van der Waals surface area (Å²) in [6.45, 7) is 0. The lowest BCUT2D eigenvalue weighted by atomic mass is 10.3. The van der Waals surface area contributed by atoms with Crippen LogP contribution in [-0.2, 0) is 9.73 Å². The molecule has 0 aliphatic heterocycles. The minimum absolute atomic E-state index is 0.0235. The fraction of sp³-hybridized carbons (Fsp3) is 0.0769. The van der Waals surface area contributed by atoms with Crippen LogP contribution in [0.1, 0.15) is 5.69 Å². The first kappa shape index (κ1) is 14.1. The van der Waals surface area contributed by atoms with E-state index in [1.54, 1.807) is 6.07 Å². The van der Waals surface area contributed by atoms with E-state index in [2.05, 4.69) is 9.97 Å². The molecule has 5 nitrogen and oxygen atoms in total. The number of nitrogens with zero attached hydrogens (tertiary/aromatic N) is 2. The van der Waals surface area contributed by atoms with Crippen LogP contribution in [0.4, 0.5) is 4.39 Å².